The lowest BCUT2D eigenvalue weighted by Crippen LogP contribution is -2.17. The number of nitrogens with zero attached hydrogens (tertiary/aromatic N) is 1. The van der Waals surface area contributed by atoms with Gasteiger partial charge in [-0.1, -0.05) is 18.2 Å². The summed E-state index contributed by atoms with van der Waals surface area (Å²) in [6.45, 7) is 7.52. The predicted octanol–water partition coefficient (Wildman–Crippen LogP) is 2.94. The zero-order valence-corrected chi connectivity index (χ0v) is 11.6. The number of Topliss-reactive ketones (excluding diaryl/α,β-unsaturated/α-hetero) is 1. The summed E-state index contributed by atoms with van der Waals surface area (Å²) in [7, 11) is 2.04. The monoisotopic (exact) mass is 259 g/mol. The van der Waals surface area contributed by atoms with Crippen molar-refractivity contribution < 1.29 is 9.53 Å². The fourth-order valence-corrected chi connectivity index (χ4v) is 1.55. The summed E-state index contributed by atoms with van der Waals surface area (Å²) in [6.07, 6.45) is 5.92. The summed E-state index contributed by atoms with van der Waals surface area (Å²) in [6, 6.07) is 7.18. The topological polar surface area (TPSA) is 29.5 Å². The average Bonchev–Trinajstić information content (AvgIpc) is 2.39. The maximum absolute atomic E-state index is 11.1. The van der Waals surface area contributed by atoms with E-state index in [0.717, 1.165) is 18.8 Å². The van der Waals surface area contributed by atoms with Crippen LogP contribution in [0.1, 0.15) is 17.3 Å². The van der Waals surface area contributed by atoms with Crippen LogP contribution < -0.4 is 4.74 Å². The Morgan fingerprint density at radius 3 is 2.53 bits per heavy atom. The highest BCUT2D eigenvalue weighted by Gasteiger charge is 1.98. The van der Waals surface area contributed by atoms with Crippen molar-refractivity contribution in [3.05, 3.63) is 54.6 Å². The van der Waals surface area contributed by atoms with Crippen LogP contribution in [0.25, 0.3) is 0 Å². The number of rotatable bonds is 8. The van der Waals surface area contributed by atoms with Crippen LogP contribution in [-0.2, 0) is 0 Å². The van der Waals surface area contributed by atoms with Crippen LogP contribution in [0.3, 0.4) is 0 Å². The normalized spacial score (nSPS) is 10.9. The number of ether oxygens (including phenoxy) is 1. The molecule has 0 spiro atoms. The van der Waals surface area contributed by atoms with Crippen molar-refractivity contribution in [2.45, 2.75) is 6.92 Å². The van der Waals surface area contributed by atoms with Crippen molar-refractivity contribution in [2.75, 3.05) is 26.7 Å². The van der Waals surface area contributed by atoms with E-state index in [0.29, 0.717) is 12.2 Å². The van der Waals surface area contributed by atoms with Crippen molar-refractivity contribution in [1.29, 1.82) is 0 Å². The van der Waals surface area contributed by atoms with Crippen LogP contribution in [0.2, 0.25) is 0 Å². The third-order valence-corrected chi connectivity index (χ3v) is 2.63. The van der Waals surface area contributed by atoms with Gasteiger partial charge < -0.3 is 4.74 Å². The molecule has 1 aromatic carbocycles. The Hall–Kier alpha value is -1.87. The molecule has 0 aliphatic heterocycles. The first-order valence-corrected chi connectivity index (χ1v) is 6.31. The van der Waals surface area contributed by atoms with Crippen LogP contribution in [0.4, 0.5) is 0 Å². The number of hydrogen-bond acceptors (Lipinski definition) is 3. The Bertz CT molecular complexity index is 435. The van der Waals surface area contributed by atoms with E-state index < -0.39 is 0 Å². The highest BCUT2D eigenvalue weighted by atomic mass is 16.5. The van der Waals surface area contributed by atoms with Crippen molar-refractivity contribution in [3.63, 3.8) is 0 Å². The molecule has 19 heavy (non-hydrogen) atoms. The van der Waals surface area contributed by atoms with Gasteiger partial charge in [-0.2, -0.15) is 0 Å². The van der Waals surface area contributed by atoms with Gasteiger partial charge in [0, 0.05) is 18.7 Å². The summed E-state index contributed by atoms with van der Waals surface area (Å²) >= 11 is 0. The van der Waals surface area contributed by atoms with Gasteiger partial charge in [0.15, 0.2) is 5.78 Å². The number of benzene rings is 1. The molecule has 1 rings (SSSR count). The number of ketones is 1. The predicted molar refractivity (Wildman–Crippen MR) is 78.8 cm³/mol. The second kappa shape index (κ2) is 8.27. The van der Waals surface area contributed by atoms with Crippen LogP contribution in [0.15, 0.2) is 49.1 Å². The molecule has 3 nitrogen and oxygen atoms in total. The van der Waals surface area contributed by atoms with Gasteiger partial charge in [-0.3, -0.25) is 9.69 Å². The van der Waals surface area contributed by atoms with E-state index in [4.69, 9.17) is 4.74 Å². The van der Waals surface area contributed by atoms with Gasteiger partial charge in [-0.05, 0) is 38.2 Å². The molecule has 0 unspecified atom stereocenters. The molecule has 3 heteroatoms. The number of hydrogen-bond donors (Lipinski definition) is 0. The second-order valence-electron chi connectivity index (χ2n) is 4.37. The van der Waals surface area contributed by atoms with Crippen molar-refractivity contribution in [2.24, 2.45) is 0 Å². The maximum Gasteiger partial charge on any atom is 0.159 e. The van der Waals surface area contributed by atoms with Crippen molar-refractivity contribution in [3.8, 4) is 5.75 Å². The van der Waals surface area contributed by atoms with E-state index in [2.05, 4.69) is 17.6 Å². The SMILES string of the molecule is C=CCN(C)CC=CCOc1ccc(C(C)=O)cc1. The summed E-state index contributed by atoms with van der Waals surface area (Å²) < 4.78 is 5.55. The number of likely N-dealkylation sites (N-methyl/N-ethyl adjacent to an activating group) is 1. The molecule has 0 N–H and O–H groups in total. The third kappa shape index (κ3) is 6.02. The van der Waals surface area contributed by atoms with E-state index in [-0.39, 0.29) is 5.78 Å². The summed E-state index contributed by atoms with van der Waals surface area (Å²) in [5.74, 6) is 0.839. The molecule has 0 amide bonds. The van der Waals surface area contributed by atoms with Gasteiger partial charge >= 0.3 is 0 Å². The van der Waals surface area contributed by atoms with Gasteiger partial charge in [-0.25, -0.2) is 0 Å². The Morgan fingerprint density at radius 2 is 1.95 bits per heavy atom. The smallest absolute Gasteiger partial charge is 0.159 e. The Balaban J connectivity index is 2.31. The van der Waals surface area contributed by atoms with Gasteiger partial charge in [-0.15, -0.1) is 6.58 Å². The minimum Gasteiger partial charge on any atom is -0.490 e. The lowest BCUT2D eigenvalue weighted by molar-refractivity contribution is 0.101. The van der Waals surface area contributed by atoms with Gasteiger partial charge in [0.25, 0.3) is 0 Å². The minimum absolute atomic E-state index is 0.0664. The molecule has 0 aliphatic carbocycles. The maximum atomic E-state index is 11.1. The molecular weight excluding hydrogens is 238 g/mol. The van der Waals surface area contributed by atoms with Gasteiger partial charge in [0.1, 0.15) is 12.4 Å². The number of carbonyl (C=O) groups is 1. The fourth-order valence-electron chi connectivity index (χ4n) is 1.55. The van der Waals surface area contributed by atoms with E-state index >= 15 is 0 Å². The average molecular weight is 259 g/mol. The van der Waals surface area contributed by atoms with E-state index in [1.807, 2.05) is 31.3 Å². The number of carbonyl (C=O) groups excluding carboxylic acids is 1. The molecule has 102 valence electrons. The molecule has 0 radical (unpaired) electrons. The Kier molecular flexibility index (Phi) is 6.61. The fraction of sp³-hybridized carbons (Fsp3) is 0.312. The third-order valence-electron chi connectivity index (χ3n) is 2.63. The van der Waals surface area contributed by atoms with Crippen LogP contribution in [0.5, 0.6) is 5.75 Å². The molecule has 0 fully saturated rings. The van der Waals surface area contributed by atoms with Crippen molar-refractivity contribution in [1.82, 2.24) is 4.90 Å². The summed E-state index contributed by atoms with van der Waals surface area (Å²) in [5.41, 5.74) is 0.703. The molecule has 0 aromatic heterocycles. The molecule has 0 saturated carbocycles. The first-order valence-electron chi connectivity index (χ1n) is 6.31. The van der Waals surface area contributed by atoms with Crippen LogP contribution in [0, 0.1) is 0 Å². The highest BCUT2D eigenvalue weighted by molar-refractivity contribution is 5.94. The van der Waals surface area contributed by atoms with Gasteiger partial charge in [0.05, 0.1) is 0 Å². The van der Waals surface area contributed by atoms with Gasteiger partial charge in [0.2, 0.25) is 0 Å². The Morgan fingerprint density at radius 1 is 1.26 bits per heavy atom. The van der Waals surface area contributed by atoms with Crippen LogP contribution >= 0.6 is 0 Å². The molecule has 0 bridgehead atoms. The lowest BCUT2D eigenvalue weighted by atomic mass is 10.1. The molecule has 0 atom stereocenters. The lowest BCUT2D eigenvalue weighted by Gasteiger charge is -2.10. The Labute approximate surface area is 115 Å². The standard InChI is InChI=1S/C16H21NO2/c1-4-11-17(3)12-5-6-13-19-16-9-7-15(8-10-16)14(2)18/h4-10H,1,11-13H2,2-3H3. The summed E-state index contributed by atoms with van der Waals surface area (Å²) in [4.78, 5) is 13.3. The largest absolute Gasteiger partial charge is 0.490 e. The second-order valence-corrected chi connectivity index (χ2v) is 4.37. The summed E-state index contributed by atoms with van der Waals surface area (Å²) in [5, 5.41) is 0. The van der Waals surface area contributed by atoms with Crippen molar-refractivity contribution >= 4 is 5.78 Å². The molecule has 0 saturated heterocycles. The van der Waals surface area contributed by atoms with Crippen LogP contribution in [-0.4, -0.2) is 37.4 Å². The quantitative estimate of drug-likeness (QED) is 0.531. The first kappa shape index (κ1) is 15.2. The highest BCUT2D eigenvalue weighted by Crippen LogP contribution is 2.12. The zero-order chi connectivity index (χ0) is 14.1. The van der Waals surface area contributed by atoms with E-state index in [1.54, 1.807) is 19.1 Å². The first-order chi connectivity index (χ1) is 9.13. The minimum atomic E-state index is 0.0664. The molecule has 0 heterocycles. The molecule has 1 aromatic rings. The van der Waals surface area contributed by atoms with E-state index in [1.165, 1.54) is 0 Å². The zero-order valence-electron chi connectivity index (χ0n) is 11.6. The van der Waals surface area contributed by atoms with E-state index in [9.17, 15) is 4.79 Å². The molecular formula is C16H21NO2. The molecule has 0 aliphatic rings.